The molecule has 2 aromatic carbocycles. The van der Waals surface area contributed by atoms with Gasteiger partial charge in [-0.15, -0.1) is 10.2 Å². The van der Waals surface area contributed by atoms with Crippen molar-refractivity contribution in [2.45, 2.75) is 86.0 Å². The first kappa shape index (κ1) is 35.0. The van der Waals surface area contributed by atoms with Crippen LogP contribution < -0.4 is 10.9 Å². The molecule has 6 rings (SSSR count). The van der Waals surface area contributed by atoms with Crippen LogP contribution in [0.1, 0.15) is 94.6 Å². The third-order valence-electron chi connectivity index (χ3n) is 7.70. The van der Waals surface area contributed by atoms with Gasteiger partial charge in [0.25, 0.3) is 5.56 Å². The number of H-pyrrole nitrogens is 1. The Hall–Kier alpha value is -4.44. The van der Waals surface area contributed by atoms with Gasteiger partial charge in [-0.1, -0.05) is 60.1 Å². The van der Waals surface area contributed by atoms with Crippen molar-refractivity contribution in [1.82, 2.24) is 15.1 Å². The number of nitrogens with zero attached hydrogens (tertiary/aromatic N) is 3. The Labute approximate surface area is 265 Å². The van der Waals surface area contributed by atoms with E-state index in [1.165, 1.54) is 66.4 Å². The first-order chi connectivity index (χ1) is 21.7. The summed E-state index contributed by atoms with van der Waals surface area (Å²) in [7, 11) is 0. The van der Waals surface area contributed by atoms with E-state index < -0.39 is 5.97 Å². The number of phenolic OH excluding ortho intramolecular Hbond substituents is 1. The third-order valence-corrected chi connectivity index (χ3v) is 7.70. The fraction of sp³-hybridized carbons (Fsp3) is 0.429. The molecule has 0 atom stereocenters. The number of carboxylic acids is 1. The van der Waals surface area contributed by atoms with E-state index in [1.807, 2.05) is 39.8 Å². The number of carbonyl (C=O) groups is 1. The van der Waals surface area contributed by atoms with Crippen molar-refractivity contribution in [2.75, 3.05) is 13.1 Å². The van der Waals surface area contributed by atoms with Gasteiger partial charge >= 0.3 is 5.97 Å². The van der Waals surface area contributed by atoms with Crippen LogP contribution in [0.4, 0.5) is 11.4 Å². The van der Waals surface area contributed by atoms with E-state index in [2.05, 4.69) is 40.6 Å². The van der Waals surface area contributed by atoms with Gasteiger partial charge in [-0.25, -0.2) is 9.48 Å². The standard InChI is InChI=1S/C26H24N4O5.C5H11N.2C2H6/c1-14-22(24(32)30(29-14)16-8-7-15-11-12-26(2,3)18(15)13-16)28-27-19-6-4-5-17(23(19)31)20-9-10-21(35-20)25(33)34;1-2-4-6-5-3-1;2*1-2/h4-10,13,29,31H,11-12H2,1-3H3,(H,33,34);6H,1-5H2;2*1-2H3. The maximum absolute atomic E-state index is 13.2. The van der Waals surface area contributed by atoms with Gasteiger partial charge < -0.3 is 19.9 Å². The number of hydrogen-bond acceptors (Lipinski definition) is 7. The Morgan fingerprint density at radius 1 is 0.978 bits per heavy atom. The number of aromatic hydroxyl groups is 1. The lowest BCUT2D eigenvalue weighted by Crippen LogP contribution is -2.21. The summed E-state index contributed by atoms with van der Waals surface area (Å²) in [6.07, 6.45) is 6.31. The Kier molecular flexibility index (Phi) is 12.5. The van der Waals surface area contributed by atoms with Gasteiger partial charge in [-0.2, -0.15) is 0 Å². The molecule has 1 fully saturated rings. The molecule has 10 nitrogen and oxygen atoms in total. The number of aryl methyl sites for hydroxylation is 2. The molecule has 1 aliphatic carbocycles. The third kappa shape index (κ3) is 8.19. The molecular formula is C35H47N5O5. The van der Waals surface area contributed by atoms with Gasteiger partial charge in [-0.3, -0.25) is 9.89 Å². The minimum Gasteiger partial charge on any atom is -0.505 e. The second-order valence-corrected chi connectivity index (χ2v) is 11.1. The van der Waals surface area contributed by atoms with Crippen LogP contribution in [-0.2, 0) is 11.8 Å². The molecule has 10 heteroatoms. The van der Waals surface area contributed by atoms with E-state index in [1.54, 1.807) is 19.1 Å². The number of piperidine rings is 1. The number of aromatic nitrogens is 2. The number of hydrogen-bond donors (Lipinski definition) is 4. The number of aromatic amines is 1. The van der Waals surface area contributed by atoms with Crippen LogP contribution in [0.2, 0.25) is 0 Å². The predicted octanol–water partition coefficient (Wildman–Crippen LogP) is 8.59. The molecule has 1 aliphatic heterocycles. The highest BCUT2D eigenvalue weighted by Crippen LogP contribution is 2.40. The lowest BCUT2D eigenvalue weighted by atomic mass is 9.86. The van der Waals surface area contributed by atoms with Crippen LogP contribution in [0.5, 0.6) is 5.75 Å². The SMILES string of the molecule is C1CCNCC1.CC.CC.Cc1[nH]n(-c2ccc3c(c2)C(C)(C)CC3)c(=O)c1N=Nc1cccc(-c2ccc(C(=O)O)o2)c1O. The second-order valence-electron chi connectivity index (χ2n) is 11.1. The maximum Gasteiger partial charge on any atom is 0.371 e. The summed E-state index contributed by atoms with van der Waals surface area (Å²) < 4.78 is 6.73. The quantitative estimate of drug-likeness (QED) is 0.165. The van der Waals surface area contributed by atoms with Crippen molar-refractivity contribution in [3.8, 4) is 22.8 Å². The number of fused-ring (bicyclic) bond motifs is 1. The zero-order valence-corrected chi connectivity index (χ0v) is 27.5. The van der Waals surface area contributed by atoms with Crippen LogP contribution >= 0.6 is 0 Å². The number of rotatable bonds is 5. The van der Waals surface area contributed by atoms with Crippen LogP contribution in [0.25, 0.3) is 17.0 Å². The molecule has 0 bridgehead atoms. The molecular weight excluding hydrogens is 570 g/mol. The smallest absolute Gasteiger partial charge is 0.371 e. The van der Waals surface area contributed by atoms with E-state index in [0.717, 1.165) is 18.5 Å². The summed E-state index contributed by atoms with van der Waals surface area (Å²) in [5.41, 5.74) is 4.01. The van der Waals surface area contributed by atoms with Gasteiger partial charge in [0.15, 0.2) is 11.4 Å². The molecule has 0 spiro atoms. The van der Waals surface area contributed by atoms with E-state index in [0.29, 0.717) is 5.69 Å². The summed E-state index contributed by atoms with van der Waals surface area (Å²) >= 11 is 0. The number of para-hydroxylation sites is 1. The molecule has 4 aromatic rings. The van der Waals surface area contributed by atoms with E-state index in [9.17, 15) is 14.7 Å². The molecule has 0 unspecified atom stereocenters. The fourth-order valence-electron chi connectivity index (χ4n) is 5.28. The minimum atomic E-state index is -1.21. The Morgan fingerprint density at radius 3 is 2.29 bits per heavy atom. The highest BCUT2D eigenvalue weighted by molar-refractivity contribution is 5.85. The Balaban J connectivity index is 0.000000482. The zero-order chi connectivity index (χ0) is 33.1. The molecule has 242 valence electrons. The number of furan rings is 1. The normalized spacial score (nSPS) is 14.7. The van der Waals surface area contributed by atoms with Crippen LogP contribution in [0.15, 0.2) is 68.0 Å². The summed E-state index contributed by atoms with van der Waals surface area (Å²) in [4.78, 5) is 24.2. The summed E-state index contributed by atoms with van der Waals surface area (Å²) in [6, 6.07) is 13.5. The first-order valence-corrected chi connectivity index (χ1v) is 15.9. The summed E-state index contributed by atoms with van der Waals surface area (Å²) in [6.45, 7) is 16.6. The molecule has 3 heterocycles. The van der Waals surface area contributed by atoms with Crippen molar-refractivity contribution < 1.29 is 19.4 Å². The summed E-state index contributed by atoms with van der Waals surface area (Å²) in [5, 5.41) is 34.3. The van der Waals surface area contributed by atoms with Gasteiger partial charge in [0.1, 0.15) is 11.4 Å². The van der Waals surface area contributed by atoms with Gasteiger partial charge in [-0.05, 0) is 98.6 Å². The molecule has 1 saturated heterocycles. The van der Waals surface area contributed by atoms with Gasteiger partial charge in [0, 0.05) is 0 Å². The lowest BCUT2D eigenvalue weighted by molar-refractivity contribution is 0.0663. The molecule has 4 N–H and O–H groups in total. The van der Waals surface area contributed by atoms with Crippen LogP contribution in [-0.4, -0.2) is 39.1 Å². The van der Waals surface area contributed by atoms with E-state index in [4.69, 9.17) is 9.52 Å². The van der Waals surface area contributed by atoms with E-state index in [-0.39, 0.29) is 45.2 Å². The number of azo groups is 1. The number of aromatic carboxylic acids is 1. The predicted molar refractivity (Wildman–Crippen MR) is 179 cm³/mol. The lowest BCUT2D eigenvalue weighted by Gasteiger charge is -2.19. The first-order valence-electron chi connectivity index (χ1n) is 15.9. The zero-order valence-electron chi connectivity index (χ0n) is 27.5. The number of carboxylic acid groups (broad SMARTS) is 1. The van der Waals surface area contributed by atoms with Crippen LogP contribution in [0, 0.1) is 6.92 Å². The molecule has 0 amide bonds. The molecule has 0 saturated carbocycles. The van der Waals surface area contributed by atoms with Crippen molar-refractivity contribution >= 4 is 17.3 Å². The number of nitrogens with one attached hydrogen (secondary N) is 2. The monoisotopic (exact) mass is 617 g/mol. The molecule has 0 radical (unpaired) electrons. The van der Waals surface area contributed by atoms with Gasteiger partial charge in [0.05, 0.1) is 16.9 Å². The Morgan fingerprint density at radius 2 is 1.69 bits per heavy atom. The van der Waals surface area contributed by atoms with Crippen molar-refractivity contribution in [1.29, 1.82) is 0 Å². The average molecular weight is 618 g/mol. The largest absolute Gasteiger partial charge is 0.505 e. The highest BCUT2D eigenvalue weighted by Gasteiger charge is 2.30. The fourth-order valence-corrected chi connectivity index (χ4v) is 5.28. The van der Waals surface area contributed by atoms with E-state index >= 15 is 0 Å². The Bertz CT molecular complexity index is 1650. The van der Waals surface area contributed by atoms with Crippen molar-refractivity contribution in [3.05, 3.63) is 81.5 Å². The van der Waals surface area contributed by atoms with Gasteiger partial charge in [0.2, 0.25) is 5.76 Å². The summed E-state index contributed by atoms with van der Waals surface area (Å²) in [5.74, 6) is -1.52. The van der Waals surface area contributed by atoms with Crippen molar-refractivity contribution in [3.63, 3.8) is 0 Å². The number of phenols is 1. The average Bonchev–Trinajstić information content (AvgIpc) is 3.76. The van der Waals surface area contributed by atoms with Crippen molar-refractivity contribution in [2.24, 2.45) is 10.2 Å². The number of benzene rings is 2. The second kappa shape index (κ2) is 16.0. The molecule has 45 heavy (non-hydrogen) atoms. The maximum atomic E-state index is 13.2. The minimum absolute atomic E-state index is 0.0564. The highest BCUT2D eigenvalue weighted by atomic mass is 16.4. The van der Waals surface area contributed by atoms with Crippen LogP contribution in [0.3, 0.4) is 0 Å². The topological polar surface area (TPSA) is 145 Å². The molecule has 2 aliphatic rings. The molecule has 2 aromatic heterocycles.